The third kappa shape index (κ3) is 2.33. The van der Waals surface area contributed by atoms with Gasteiger partial charge in [0.2, 0.25) is 0 Å². The summed E-state index contributed by atoms with van der Waals surface area (Å²) in [6.45, 7) is 1.95. The molecular weight excluding hydrogens is 288 g/mol. The highest BCUT2D eigenvalue weighted by molar-refractivity contribution is 9.10. The molecule has 1 N–H and O–H groups in total. The number of hydrogen-bond donors (Lipinski definition) is 1. The number of benzene rings is 1. The summed E-state index contributed by atoms with van der Waals surface area (Å²) in [7, 11) is 0. The minimum atomic E-state index is 0.922. The van der Waals surface area contributed by atoms with E-state index < -0.39 is 0 Å². The molecule has 0 saturated carbocycles. The molecule has 1 aliphatic heterocycles. The Morgan fingerprint density at radius 3 is 2.89 bits per heavy atom. The average molecular weight is 303 g/mol. The van der Waals surface area contributed by atoms with Crippen molar-refractivity contribution in [2.45, 2.75) is 19.4 Å². The highest BCUT2D eigenvalue weighted by atomic mass is 79.9. The standard InChI is InChI=1S/C15H15BrN2/c16-15-12(8-11-4-2-1-3-5-11)9-18-14-6-7-17-10-13(14)15/h1-5,9,17H,6-8,10H2. The van der Waals surface area contributed by atoms with Crippen molar-refractivity contribution in [3.63, 3.8) is 0 Å². The summed E-state index contributed by atoms with van der Waals surface area (Å²) in [5.74, 6) is 0. The molecule has 2 nitrogen and oxygen atoms in total. The van der Waals surface area contributed by atoms with Crippen LogP contribution in [-0.4, -0.2) is 11.5 Å². The summed E-state index contributed by atoms with van der Waals surface area (Å²) in [6.07, 6.45) is 3.97. The lowest BCUT2D eigenvalue weighted by Crippen LogP contribution is -2.25. The number of nitrogens with zero attached hydrogens (tertiary/aromatic N) is 1. The molecule has 0 unspecified atom stereocenters. The van der Waals surface area contributed by atoms with Gasteiger partial charge in [0.1, 0.15) is 0 Å². The van der Waals surface area contributed by atoms with Gasteiger partial charge in [0.15, 0.2) is 0 Å². The van der Waals surface area contributed by atoms with E-state index >= 15 is 0 Å². The lowest BCUT2D eigenvalue weighted by atomic mass is 10.0. The van der Waals surface area contributed by atoms with Crippen LogP contribution in [0.3, 0.4) is 0 Å². The first-order chi connectivity index (χ1) is 8.84. The molecule has 1 aromatic heterocycles. The zero-order valence-electron chi connectivity index (χ0n) is 10.1. The molecule has 92 valence electrons. The van der Waals surface area contributed by atoms with Crippen molar-refractivity contribution in [3.05, 3.63) is 63.4 Å². The van der Waals surface area contributed by atoms with Gasteiger partial charge in [0.05, 0.1) is 0 Å². The number of pyridine rings is 1. The fraction of sp³-hybridized carbons (Fsp3) is 0.267. The van der Waals surface area contributed by atoms with Crippen LogP contribution in [-0.2, 0) is 19.4 Å². The van der Waals surface area contributed by atoms with E-state index in [0.717, 1.165) is 25.9 Å². The monoisotopic (exact) mass is 302 g/mol. The van der Waals surface area contributed by atoms with E-state index in [9.17, 15) is 0 Å². The van der Waals surface area contributed by atoms with Gasteiger partial charge in [-0.15, -0.1) is 0 Å². The van der Waals surface area contributed by atoms with Gasteiger partial charge in [-0.2, -0.15) is 0 Å². The van der Waals surface area contributed by atoms with Crippen LogP contribution in [0.5, 0.6) is 0 Å². The topological polar surface area (TPSA) is 24.9 Å². The van der Waals surface area contributed by atoms with Crippen LogP contribution in [0.4, 0.5) is 0 Å². The summed E-state index contributed by atoms with van der Waals surface area (Å²) in [5, 5.41) is 3.40. The van der Waals surface area contributed by atoms with Gasteiger partial charge < -0.3 is 5.32 Å². The first kappa shape index (κ1) is 11.9. The second kappa shape index (κ2) is 5.21. The van der Waals surface area contributed by atoms with Crippen LogP contribution >= 0.6 is 15.9 Å². The van der Waals surface area contributed by atoms with Crippen LogP contribution in [0.25, 0.3) is 0 Å². The van der Waals surface area contributed by atoms with Crippen molar-refractivity contribution in [2.24, 2.45) is 0 Å². The maximum atomic E-state index is 4.61. The Balaban J connectivity index is 1.93. The number of aromatic nitrogens is 1. The molecule has 0 radical (unpaired) electrons. The Morgan fingerprint density at radius 1 is 1.22 bits per heavy atom. The van der Waals surface area contributed by atoms with Crippen LogP contribution in [0.15, 0.2) is 41.0 Å². The Morgan fingerprint density at radius 2 is 2.06 bits per heavy atom. The highest BCUT2D eigenvalue weighted by Crippen LogP contribution is 2.27. The van der Waals surface area contributed by atoms with E-state index in [1.54, 1.807) is 0 Å². The SMILES string of the molecule is Brc1c(Cc2ccccc2)cnc2c1CNCC2. The second-order valence-electron chi connectivity index (χ2n) is 4.61. The lowest BCUT2D eigenvalue weighted by molar-refractivity contribution is 0.626. The van der Waals surface area contributed by atoms with E-state index in [4.69, 9.17) is 0 Å². The van der Waals surface area contributed by atoms with Crippen molar-refractivity contribution in [2.75, 3.05) is 6.54 Å². The van der Waals surface area contributed by atoms with Crippen LogP contribution in [0.2, 0.25) is 0 Å². The van der Waals surface area contributed by atoms with Gasteiger partial charge in [-0.25, -0.2) is 0 Å². The van der Waals surface area contributed by atoms with Gasteiger partial charge in [-0.1, -0.05) is 46.3 Å². The van der Waals surface area contributed by atoms with Crippen molar-refractivity contribution in [3.8, 4) is 0 Å². The molecule has 1 aromatic carbocycles. The van der Waals surface area contributed by atoms with E-state index in [-0.39, 0.29) is 0 Å². The summed E-state index contributed by atoms with van der Waals surface area (Å²) >= 11 is 3.74. The molecule has 0 bridgehead atoms. The van der Waals surface area contributed by atoms with Gasteiger partial charge in [0.25, 0.3) is 0 Å². The first-order valence-electron chi connectivity index (χ1n) is 6.24. The molecule has 1 aliphatic rings. The largest absolute Gasteiger partial charge is 0.312 e. The Hall–Kier alpha value is -1.19. The number of halogens is 1. The highest BCUT2D eigenvalue weighted by Gasteiger charge is 2.15. The first-order valence-corrected chi connectivity index (χ1v) is 7.03. The number of rotatable bonds is 2. The predicted molar refractivity (Wildman–Crippen MR) is 76.6 cm³/mol. The molecule has 0 amide bonds. The number of fused-ring (bicyclic) bond motifs is 1. The number of hydrogen-bond acceptors (Lipinski definition) is 2. The molecule has 0 saturated heterocycles. The fourth-order valence-corrected chi connectivity index (χ4v) is 2.98. The molecule has 0 fully saturated rings. The zero-order chi connectivity index (χ0) is 12.4. The molecule has 18 heavy (non-hydrogen) atoms. The summed E-state index contributed by atoms with van der Waals surface area (Å²) in [4.78, 5) is 4.61. The van der Waals surface area contributed by atoms with Gasteiger partial charge >= 0.3 is 0 Å². The zero-order valence-corrected chi connectivity index (χ0v) is 11.7. The Kier molecular flexibility index (Phi) is 3.43. The van der Waals surface area contributed by atoms with Crippen LogP contribution in [0, 0.1) is 0 Å². The van der Waals surface area contributed by atoms with Crippen LogP contribution in [0.1, 0.15) is 22.4 Å². The molecule has 0 atom stereocenters. The van der Waals surface area contributed by atoms with Crippen molar-refractivity contribution >= 4 is 15.9 Å². The molecule has 0 spiro atoms. The molecular formula is C15H15BrN2. The maximum Gasteiger partial charge on any atom is 0.0472 e. The molecule has 2 heterocycles. The van der Waals surface area contributed by atoms with E-state index in [1.807, 2.05) is 12.3 Å². The van der Waals surface area contributed by atoms with Gasteiger partial charge in [-0.05, 0) is 11.1 Å². The Bertz CT molecular complexity index is 552. The third-order valence-electron chi connectivity index (χ3n) is 3.35. The van der Waals surface area contributed by atoms with Gasteiger partial charge in [-0.3, -0.25) is 4.98 Å². The van der Waals surface area contributed by atoms with E-state index in [2.05, 4.69) is 50.5 Å². The number of nitrogens with one attached hydrogen (secondary N) is 1. The summed E-state index contributed by atoms with van der Waals surface area (Å²) in [5.41, 5.74) is 5.15. The second-order valence-corrected chi connectivity index (χ2v) is 5.40. The van der Waals surface area contributed by atoms with E-state index in [1.165, 1.54) is 26.9 Å². The molecule has 0 aliphatic carbocycles. The minimum absolute atomic E-state index is 0.922. The fourth-order valence-electron chi connectivity index (χ4n) is 2.37. The molecule has 3 heteroatoms. The average Bonchev–Trinajstić information content (AvgIpc) is 2.43. The Labute approximate surface area is 116 Å². The quantitative estimate of drug-likeness (QED) is 0.922. The lowest BCUT2D eigenvalue weighted by Gasteiger charge is -2.19. The minimum Gasteiger partial charge on any atom is -0.312 e. The third-order valence-corrected chi connectivity index (χ3v) is 4.34. The molecule has 2 aromatic rings. The summed E-state index contributed by atoms with van der Waals surface area (Å²) < 4.78 is 1.23. The smallest absolute Gasteiger partial charge is 0.0472 e. The molecule has 3 rings (SSSR count). The van der Waals surface area contributed by atoms with Crippen molar-refractivity contribution in [1.82, 2.24) is 10.3 Å². The predicted octanol–water partition coefficient (Wildman–Crippen LogP) is 3.08. The van der Waals surface area contributed by atoms with E-state index in [0.29, 0.717) is 0 Å². The van der Waals surface area contributed by atoms with Crippen molar-refractivity contribution < 1.29 is 0 Å². The maximum absolute atomic E-state index is 4.61. The van der Waals surface area contributed by atoms with Gasteiger partial charge in [0, 0.05) is 47.9 Å². The van der Waals surface area contributed by atoms with Crippen LogP contribution < -0.4 is 5.32 Å². The summed E-state index contributed by atoms with van der Waals surface area (Å²) in [6, 6.07) is 10.5. The normalized spacial score (nSPS) is 14.3. The van der Waals surface area contributed by atoms with Crippen molar-refractivity contribution in [1.29, 1.82) is 0 Å².